The highest BCUT2D eigenvalue weighted by atomic mass is 19.1. The van der Waals surface area contributed by atoms with E-state index in [1.54, 1.807) is 0 Å². The number of halogens is 3. The molecule has 0 radical (unpaired) electrons. The molecule has 0 bridgehead atoms. The number of nitrogens with one attached hydrogen (secondary N) is 1. The first-order chi connectivity index (χ1) is 15.0. The van der Waals surface area contributed by atoms with Crippen LogP contribution in [0.1, 0.15) is 55.6 Å². The molecule has 1 aliphatic heterocycles. The Kier molecular flexibility index (Phi) is 5.79. The molecule has 0 aliphatic carbocycles. The van der Waals surface area contributed by atoms with E-state index in [1.807, 2.05) is 36.1 Å². The number of hydrogen-bond acceptors (Lipinski definition) is 2. The van der Waals surface area contributed by atoms with Crippen LogP contribution in [0.2, 0.25) is 0 Å². The summed E-state index contributed by atoms with van der Waals surface area (Å²) in [5, 5.41) is 9.89. The SMILES string of the molecule is C[C@@H]1Cc2c([nH]c3ccccc23)[C@@H](c2c(F)cc(CCC(=O)O)cc2F)N1CC(C)(C)F. The van der Waals surface area contributed by atoms with Crippen molar-refractivity contribution in [2.75, 3.05) is 6.54 Å². The molecule has 32 heavy (non-hydrogen) atoms. The number of para-hydroxylation sites is 1. The monoisotopic (exact) mass is 444 g/mol. The molecule has 2 aromatic carbocycles. The fraction of sp³-hybridized carbons (Fsp3) is 0.400. The van der Waals surface area contributed by atoms with Crippen molar-refractivity contribution in [1.82, 2.24) is 9.88 Å². The molecule has 1 aliphatic rings. The van der Waals surface area contributed by atoms with Gasteiger partial charge in [0.15, 0.2) is 0 Å². The van der Waals surface area contributed by atoms with Gasteiger partial charge in [-0.15, -0.1) is 0 Å². The summed E-state index contributed by atoms with van der Waals surface area (Å²) in [5.41, 5.74) is 1.10. The molecule has 2 heterocycles. The van der Waals surface area contributed by atoms with Crippen molar-refractivity contribution in [2.45, 2.75) is 57.8 Å². The first kappa shape index (κ1) is 22.4. The molecule has 0 amide bonds. The Balaban J connectivity index is 1.88. The maximum Gasteiger partial charge on any atom is 0.303 e. The largest absolute Gasteiger partial charge is 0.481 e. The van der Waals surface area contributed by atoms with E-state index in [9.17, 15) is 9.18 Å². The number of rotatable bonds is 6. The first-order valence-electron chi connectivity index (χ1n) is 10.8. The summed E-state index contributed by atoms with van der Waals surface area (Å²) in [5.74, 6) is -2.54. The second-order valence-electron chi connectivity index (χ2n) is 9.28. The van der Waals surface area contributed by atoms with Crippen LogP contribution < -0.4 is 0 Å². The van der Waals surface area contributed by atoms with Crippen LogP contribution in [-0.4, -0.2) is 39.2 Å². The van der Waals surface area contributed by atoms with Crippen molar-refractivity contribution in [3.63, 3.8) is 0 Å². The summed E-state index contributed by atoms with van der Waals surface area (Å²) in [7, 11) is 0. The van der Waals surface area contributed by atoms with Crippen LogP contribution in [0.4, 0.5) is 13.2 Å². The van der Waals surface area contributed by atoms with Gasteiger partial charge >= 0.3 is 5.97 Å². The Bertz CT molecular complexity index is 1140. The zero-order valence-corrected chi connectivity index (χ0v) is 18.4. The van der Waals surface area contributed by atoms with E-state index >= 15 is 8.78 Å². The van der Waals surface area contributed by atoms with E-state index in [4.69, 9.17) is 5.11 Å². The molecule has 0 unspecified atom stereocenters. The number of H-pyrrole nitrogens is 1. The number of benzene rings is 2. The van der Waals surface area contributed by atoms with Crippen molar-refractivity contribution >= 4 is 16.9 Å². The van der Waals surface area contributed by atoms with Crippen LogP contribution in [-0.2, 0) is 17.6 Å². The van der Waals surface area contributed by atoms with Gasteiger partial charge in [0.1, 0.15) is 17.3 Å². The van der Waals surface area contributed by atoms with E-state index in [-0.39, 0.29) is 36.6 Å². The molecular formula is C25H27F3N2O2. The smallest absolute Gasteiger partial charge is 0.303 e. The molecular weight excluding hydrogens is 417 g/mol. The van der Waals surface area contributed by atoms with Crippen molar-refractivity contribution in [3.05, 3.63) is 70.4 Å². The van der Waals surface area contributed by atoms with Crippen LogP contribution in [0, 0.1) is 11.6 Å². The van der Waals surface area contributed by atoms with E-state index in [2.05, 4.69) is 4.98 Å². The average Bonchev–Trinajstić information content (AvgIpc) is 3.05. The molecule has 7 heteroatoms. The maximum absolute atomic E-state index is 15.4. The lowest BCUT2D eigenvalue weighted by atomic mass is 9.86. The van der Waals surface area contributed by atoms with Crippen molar-refractivity contribution in [1.29, 1.82) is 0 Å². The number of aromatic amines is 1. The van der Waals surface area contributed by atoms with E-state index in [0.717, 1.165) is 16.5 Å². The van der Waals surface area contributed by atoms with Gasteiger partial charge in [-0.05, 0) is 62.9 Å². The lowest BCUT2D eigenvalue weighted by Gasteiger charge is -2.43. The van der Waals surface area contributed by atoms with Crippen LogP contribution in [0.3, 0.4) is 0 Å². The highest BCUT2D eigenvalue weighted by Gasteiger charge is 2.40. The number of alkyl halides is 1. The predicted octanol–water partition coefficient (Wildman–Crippen LogP) is 5.55. The standard InChI is InChI=1S/C25H27F3N2O2/c1-14-10-17-16-6-4-5-7-20(16)29-23(17)24(30(14)13-25(2,3)28)22-18(26)11-15(12-19(22)27)8-9-21(31)32/h4-7,11-12,14,24,29H,8-10,13H2,1-3H3,(H,31,32)/t14-,24-/m1/s1. The van der Waals surface area contributed by atoms with Crippen molar-refractivity contribution < 1.29 is 23.1 Å². The van der Waals surface area contributed by atoms with Gasteiger partial charge in [-0.3, -0.25) is 9.69 Å². The lowest BCUT2D eigenvalue weighted by molar-refractivity contribution is -0.136. The Morgan fingerprint density at radius 2 is 1.88 bits per heavy atom. The van der Waals surface area contributed by atoms with Gasteiger partial charge in [-0.1, -0.05) is 18.2 Å². The third-order valence-electron chi connectivity index (χ3n) is 6.12. The fourth-order valence-corrected chi connectivity index (χ4v) is 4.79. The third-order valence-corrected chi connectivity index (χ3v) is 6.12. The van der Waals surface area contributed by atoms with Crippen molar-refractivity contribution in [3.8, 4) is 0 Å². The summed E-state index contributed by atoms with van der Waals surface area (Å²) >= 11 is 0. The molecule has 0 spiro atoms. The molecule has 1 aromatic heterocycles. The Labute approximate surface area is 185 Å². The van der Waals surface area contributed by atoms with Crippen LogP contribution in [0.25, 0.3) is 10.9 Å². The van der Waals surface area contributed by atoms with Gasteiger partial charge in [0.25, 0.3) is 0 Å². The van der Waals surface area contributed by atoms with Crippen LogP contribution >= 0.6 is 0 Å². The Morgan fingerprint density at radius 3 is 2.50 bits per heavy atom. The molecule has 4 rings (SSSR count). The minimum atomic E-state index is -1.57. The molecule has 2 N–H and O–H groups in total. The lowest BCUT2D eigenvalue weighted by Crippen LogP contribution is -2.48. The number of aliphatic carboxylic acids is 1. The number of aromatic nitrogens is 1. The zero-order chi connectivity index (χ0) is 23.2. The highest BCUT2D eigenvalue weighted by molar-refractivity contribution is 5.85. The van der Waals surface area contributed by atoms with Gasteiger partial charge < -0.3 is 10.1 Å². The van der Waals surface area contributed by atoms with Gasteiger partial charge in [-0.2, -0.15) is 0 Å². The van der Waals surface area contributed by atoms with Gasteiger partial charge in [-0.25, -0.2) is 13.2 Å². The normalized spacial score (nSPS) is 19.3. The zero-order valence-electron chi connectivity index (χ0n) is 18.4. The summed E-state index contributed by atoms with van der Waals surface area (Å²) < 4.78 is 45.5. The topological polar surface area (TPSA) is 56.3 Å². The summed E-state index contributed by atoms with van der Waals surface area (Å²) in [6.45, 7) is 4.87. The molecule has 3 aromatic rings. The second kappa shape index (κ2) is 8.28. The molecule has 0 saturated carbocycles. The molecule has 0 saturated heterocycles. The minimum Gasteiger partial charge on any atom is -0.481 e. The molecule has 0 fully saturated rings. The number of aryl methyl sites for hydroxylation is 1. The summed E-state index contributed by atoms with van der Waals surface area (Å²) in [6.07, 6.45) is 0.447. The summed E-state index contributed by atoms with van der Waals surface area (Å²) in [4.78, 5) is 16.0. The van der Waals surface area contributed by atoms with Gasteiger partial charge in [0.2, 0.25) is 0 Å². The second-order valence-corrected chi connectivity index (χ2v) is 9.28. The number of carbonyl (C=O) groups is 1. The average molecular weight is 444 g/mol. The van der Waals surface area contributed by atoms with Crippen LogP contribution in [0.5, 0.6) is 0 Å². The third kappa shape index (κ3) is 4.26. The number of nitrogens with zero attached hydrogens (tertiary/aromatic N) is 1. The van der Waals surface area contributed by atoms with E-state index < -0.39 is 29.3 Å². The van der Waals surface area contributed by atoms with E-state index in [1.165, 1.54) is 26.0 Å². The molecule has 2 atom stereocenters. The minimum absolute atomic E-state index is 0.00723. The predicted molar refractivity (Wildman–Crippen MR) is 118 cm³/mol. The Morgan fingerprint density at radius 1 is 1.22 bits per heavy atom. The maximum atomic E-state index is 15.4. The van der Waals surface area contributed by atoms with Gasteiger partial charge in [0, 0.05) is 41.2 Å². The number of carboxylic acid groups (broad SMARTS) is 1. The number of carboxylic acids is 1. The fourth-order valence-electron chi connectivity index (χ4n) is 4.79. The number of hydrogen-bond donors (Lipinski definition) is 2. The number of fused-ring (bicyclic) bond motifs is 3. The van der Waals surface area contributed by atoms with Gasteiger partial charge in [0.05, 0.1) is 6.04 Å². The van der Waals surface area contributed by atoms with Crippen molar-refractivity contribution in [2.24, 2.45) is 0 Å². The quantitative estimate of drug-likeness (QED) is 0.524. The first-order valence-corrected chi connectivity index (χ1v) is 10.8. The molecule has 4 nitrogen and oxygen atoms in total. The Hall–Kier alpha value is -2.80. The van der Waals surface area contributed by atoms with Crippen LogP contribution in [0.15, 0.2) is 36.4 Å². The summed E-state index contributed by atoms with van der Waals surface area (Å²) in [6, 6.07) is 9.13. The molecule has 170 valence electrons. The highest BCUT2D eigenvalue weighted by Crippen LogP contribution is 2.43. The van der Waals surface area contributed by atoms with E-state index in [0.29, 0.717) is 12.1 Å².